The van der Waals surface area contributed by atoms with Gasteiger partial charge in [-0.25, -0.2) is 9.97 Å². The van der Waals surface area contributed by atoms with Crippen molar-refractivity contribution in [3.05, 3.63) is 34.6 Å². The second kappa shape index (κ2) is 5.48. The highest BCUT2D eigenvalue weighted by Gasteiger charge is 2.29. The molecule has 0 aliphatic carbocycles. The van der Waals surface area contributed by atoms with Crippen LogP contribution in [0.2, 0.25) is 0 Å². The minimum Gasteiger partial charge on any atom is -0.368 e. The number of nitro groups is 1. The van der Waals surface area contributed by atoms with Crippen LogP contribution in [-0.2, 0) is 0 Å². The number of rotatable bonds is 4. The van der Waals surface area contributed by atoms with Gasteiger partial charge in [0.05, 0.1) is 10.4 Å². The summed E-state index contributed by atoms with van der Waals surface area (Å²) in [5.74, 6) is 1.85. The Balaban J connectivity index is 1.90. The summed E-state index contributed by atoms with van der Waals surface area (Å²) in [4.78, 5) is 18.9. The maximum Gasteiger partial charge on any atom is 0.270 e. The molecule has 1 fully saturated rings. The molecule has 3 rings (SSSR count). The number of nitrogens with zero attached hydrogens (tertiary/aromatic N) is 3. The predicted molar refractivity (Wildman–Crippen MR) is 84.8 cm³/mol. The lowest BCUT2D eigenvalue weighted by Crippen LogP contribution is -2.27. The standard InChI is InChI=1S/C14H16N4O2S/c1-14(5-2-6-21-14)8-15-13-11-7-10(18(19)20)3-4-12(11)16-9-17-13/h3-4,7,9H,2,5-6,8H2,1H3,(H,15,16,17). The summed E-state index contributed by atoms with van der Waals surface area (Å²) in [5.41, 5.74) is 0.768. The topological polar surface area (TPSA) is 81.0 Å². The van der Waals surface area contributed by atoms with E-state index in [9.17, 15) is 10.1 Å². The summed E-state index contributed by atoms with van der Waals surface area (Å²) in [5, 5.41) is 14.9. The number of anilines is 1. The fourth-order valence-corrected chi connectivity index (χ4v) is 3.79. The lowest BCUT2D eigenvalue weighted by molar-refractivity contribution is -0.384. The van der Waals surface area contributed by atoms with E-state index >= 15 is 0 Å². The summed E-state index contributed by atoms with van der Waals surface area (Å²) in [6.07, 6.45) is 3.90. The third-order valence-corrected chi connectivity index (χ3v) is 5.30. The summed E-state index contributed by atoms with van der Waals surface area (Å²) < 4.78 is 0.206. The second-order valence-electron chi connectivity index (χ2n) is 5.44. The lowest BCUT2D eigenvalue weighted by atomic mass is 10.1. The highest BCUT2D eigenvalue weighted by Crippen LogP contribution is 2.38. The van der Waals surface area contributed by atoms with Gasteiger partial charge in [-0.15, -0.1) is 0 Å². The lowest BCUT2D eigenvalue weighted by Gasteiger charge is -2.23. The summed E-state index contributed by atoms with van der Waals surface area (Å²) in [6, 6.07) is 4.65. The highest BCUT2D eigenvalue weighted by atomic mass is 32.2. The zero-order valence-corrected chi connectivity index (χ0v) is 12.5. The average molecular weight is 304 g/mol. The molecule has 21 heavy (non-hydrogen) atoms. The maximum absolute atomic E-state index is 10.9. The van der Waals surface area contributed by atoms with Crippen LogP contribution in [0.4, 0.5) is 11.5 Å². The summed E-state index contributed by atoms with van der Waals surface area (Å²) in [7, 11) is 0. The number of thioether (sulfide) groups is 1. The molecule has 1 aromatic heterocycles. The number of hydrogen-bond donors (Lipinski definition) is 1. The van der Waals surface area contributed by atoms with Gasteiger partial charge < -0.3 is 5.32 Å². The Morgan fingerprint density at radius 2 is 2.33 bits per heavy atom. The number of non-ortho nitro benzene ring substituents is 1. The summed E-state index contributed by atoms with van der Waals surface area (Å²) >= 11 is 1.96. The zero-order valence-electron chi connectivity index (χ0n) is 11.7. The van der Waals surface area contributed by atoms with Crippen LogP contribution in [0.1, 0.15) is 19.8 Å². The molecule has 2 heterocycles. The molecular weight excluding hydrogens is 288 g/mol. The Labute approximate surface area is 126 Å². The Bertz CT molecular complexity index is 686. The Kier molecular flexibility index (Phi) is 3.67. The molecule has 0 radical (unpaired) electrons. The van der Waals surface area contributed by atoms with Crippen LogP contribution in [0.25, 0.3) is 10.9 Å². The van der Waals surface area contributed by atoms with Crippen LogP contribution in [0.5, 0.6) is 0 Å². The van der Waals surface area contributed by atoms with Crippen LogP contribution in [0.3, 0.4) is 0 Å². The highest BCUT2D eigenvalue weighted by molar-refractivity contribution is 8.00. The van der Waals surface area contributed by atoms with Crippen molar-refractivity contribution in [3.63, 3.8) is 0 Å². The van der Waals surface area contributed by atoms with Gasteiger partial charge in [0.15, 0.2) is 0 Å². The molecule has 2 aromatic rings. The molecule has 0 spiro atoms. The molecule has 1 unspecified atom stereocenters. The first-order chi connectivity index (χ1) is 10.1. The molecular formula is C14H16N4O2S. The van der Waals surface area contributed by atoms with Crippen LogP contribution in [0.15, 0.2) is 24.5 Å². The molecule has 1 aliphatic rings. The van der Waals surface area contributed by atoms with Gasteiger partial charge in [0.1, 0.15) is 12.1 Å². The van der Waals surface area contributed by atoms with Gasteiger partial charge in [-0.1, -0.05) is 0 Å². The molecule has 0 saturated carbocycles. The van der Waals surface area contributed by atoms with Crippen molar-refractivity contribution in [1.82, 2.24) is 9.97 Å². The van der Waals surface area contributed by atoms with E-state index in [1.165, 1.54) is 37.1 Å². The van der Waals surface area contributed by atoms with E-state index in [-0.39, 0.29) is 10.4 Å². The van der Waals surface area contributed by atoms with Crippen molar-refractivity contribution in [3.8, 4) is 0 Å². The van der Waals surface area contributed by atoms with Crippen LogP contribution >= 0.6 is 11.8 Å². The minimum atomic E-state index is -0.398. The van der Waals surface area contributed by atoms with Crippen molar-refractivity contribution < 1.29 is 4.92 Å². The number of benzene rings is 1. The van der Waals surface area contributed by atoms with E-state index in [1.807, 2.05) is 11.8 Å². The third-order valence-electron chi connectivity index (χ3n) is 3.76. The van der Waals surface area contributed by atoms with Crippen molar-refractivity contribution >= 4 is 34.2 Å². The van der Waals surface area contributed by atoms with Crippen molar-refractivity contribution in [2.45, 2.75) is 24.5 Å². The van der Waals surface area contributed by atoms with Crippen molar-refractivity contribution in [2.75, 3.05) is 17.6 Å². The molecule has 0 bridgehead atoms. The van der Waals surface area contributed by atoms with Gasteiger partial charge in [-0.05, 0) is 31.6 Å². The largest absolute Gasteiger partial charge is 0.368 e. The molecule has 1 aromatic carbocycles. The zero-order chi connectivity index (χ0) is 14.9. The first-order valence-corrected chi connectivity index (χ1v) is 7.83. The van der Waals surface area contributed by atoms with Gasteiger partial charge in [0, 0.05) is 28.8 Å². The third kappa shape index (κ3) is 2.92. The maximum atomic E-state index is 10.9. The van der Waals surface area contributed by atoms with Crippen molar-refractivity contribution in [1.29, 1.82) is 0 Å². The first kappa shape index (κ1) is 14.1. The number of hydrogen-bond acceptors (Lipinski definition) is 6. The molecule has 1 N–H and O–H groups in total. The van der Waals surface area contributed by atoms with Crippen LogP contribution < -0.4 is 5.32 Å². The first-order valence-electron chi connectivity index (χ1n) is 6.84. The fraction of sp³-hybridized carbons (Fsp3) is 0.429. The average Bonchev–Trinajstić information content (AvgIpc) is 2.91. The quantitative estimate of drug-likeness (QED) is 0.690. The Morgan fingerprint density at radius 1 is 1.48 bits per heavy atom. The van der Waals surface area contributed by atoms with Crippen molar-refractivity contribution in [2.24, 2.45) is 0 Å². The smallest absolute Gasteiger partial charge is 0.270 e. The molecule has 1 saturated heterocycles. The molecule has 110 valence electrons. The summed E-state index contributed by atoms with van der Waals surface area (Å²) in [6.45, 7) is 3.04. The van der Waals surface area contributed by atoms with E-state index in [2.05, 4.69) is 22.2 Å². The van der Waals surface area contributed by atoms with E-state index in [1.54, 1.807) is 6.07 Å². The Morgan fingerprint density at radius 3 is 3.05 bits per heavy atom. The van der Waals surface area contributed by atoms with E-state index < -0.39 is 4.92 Å². The minimum absolute atomic E-state index is 0.0572. The van der Waals surface area contributed by atoms with Gasteiger partial charge in [0.2, 0.25) is 0 Å². The van der Waals surface area contributed by atoms with Gasteiger partial charge in [-0.3, -0.25) is 10.1 Å². The van der Waals surface area contributed by atoms with Gasteiger partial charge in [-0.2, -0.15) is 11.8 Å². The fourth-order valence-electron chi connectivity index (χ4n) is 2.55. The molecule has 6 nitrogen and oxygen atoms in total. The second-order valence-corrected chi connectivity index (χ2v) is 7.12. The number of aromatic nitrogens is 2. The van der Waals surface area contributed by atoms with E-state index in [4.69, 9.17) is 0 Å². The SMILES string of the molecule is CC1(CNc2ncnc3ccc([N+](=O)[O-])cc23)CCCS1. The Hall–Kier alpha value is -1.89. The van der Waals surface area contributed by atoms with Gasteiger partial charge in [0.25, 0.3) is 5.69 Å². The predicted octanol–water partition coefficient (Wildman–Crippen LogP) is 3.24. The van der Waals surface area contributed by atoms with E-state index in [0.29, 0.717) is 16.7 Å². The number of nitro benzene ring substituents is 1. The molecule has 0 amide bonds. The number of fused-ring (bicyclic) bond motifs is 1. The number of nitrogens with one attached hydrogen (secondary N) is 1. The molecule has 1 atom stereocenters. The van der Waals surface area contributed by atoms with Gasteiger partial charge >= 0.3 is 0 Å². The normalized spacial score (nSPS) is 21.6. The molecule has 7 heteroatoms. The van der Waals surface area contributed by atoms with E-state index in [0.717, 1.165) is 6.54 Å². The molecule has 1 aliphatic heterocycles. The van der Waals surface area contributed by atoms with Crippen LogP contribution in [-0.4, -0.2) is 31.9 Å². The van der Waals surface area contributed by atoms with Crippen LogP contribution in [0, 0.1) is 10.1 Å². The monoisotopic (exact) mass is 304 g/mol.